The number of hydrogen-bond donors (Lipinski definition) is 4. The van der Waals surface area contributed by atoms with E-state index in [-0.39, 0.29) is 11.9 Å². The summed E-state index contributed by atoms with van der Waals surface area (Å²) in [5, 5.41) is 0.690. The molecule has 1 fully saturated rings. The molecule has 1 aliphatic heterocycles. The number of nitrogens with zero attached hydrogens (tertiary/aromatic N) is 1. The molecular weight excluding hydrogens is 370 g/mol. The monoisotopic (exact) mass is 393 g/mol. The number of nitrogens with one attached hydrogen (secondary N) is 4. The van der Waals surface area contributed by atoms with Crippen molar-refractivity contribution in [3.05, 3.63) is 54.3 Å². The molecule has 1 aromatic carbocycles. The predicted molar refractivity (Wildman–Crippen MR) is 108 cm³/mol. The number of amides is 2. The third kappa shape index (κ3) is 3.98. The highest BCUT2D eigenvalue weighted by Gasteiger charge is 2.31. The number of carbonyl (C=O) groups excluding carboxylic acids is 2. The Morgan fingerprint density at radius 2 is 1.97 bits per heavy atom. The summed E-state index contributed by atoms with van der Waals surface area (Å²) in [4.78, 5) is 29.8. The van der Waals surface area contributed by atoms with Crippen LogP contribution in [0.4, 0.5) is 0 Å². The van der Waals surface area contributed by atoms with Gasteiger partial charge in [-0.25, -0.2) is 10.4 Å². The summed E-state index contributed by atoms with van der Waals surface area (Å²) < 4.78 is 5.42. The molecule has 2 aromatic heterocycles. The highest BCUT2D eigenvalue weighted by atomic mass is 16.3. The van der Waals surface area contributed by atoms with Crippen molar-refractivity contribution in [1.82, 2.24) is 26.7 Å². The topological polar surface area (TPSA) is 108 Å². The summed E-state index contributed by atoms with van der Waals surface area (Å²) in [6.07, 6.45) is 2.21. The number of para-hydroxylation sites is 1. The molecule has 8 nitrogen and oxygen atoms in total. The Balaban J connectivity index is 1.52. The number of rotatable bonds is 4. The van der Waals surface area contributed by atoms with Crippen LogP contribution in [0.5, 0.6) is 0 Å². The molecule has 3 aromatic rings. The van der Waals surface area contributed by atoms with E-state index in [1.807, 2.05) is 24.3 Å². The minimum absolute atomic E-state index is 0.210. The first kappa shape index (κ1) is 19.1. The lowest BCUT2D eigenvalue weighted by Gasteiger charge is -2.14. The van der Waals surface area contributed by atoms with Gasteiger partial charge in [-0.3, -0.25) is 25.9 Å². The number of benzene rings is 1. The second kappa shape index (κ2) is 8.02. The van der Waals surface area contributed by atoms with Gasteiger partial charge >= 0.3 is 0 Å². The van der Waals surface area contributed by atoms with E-state index in [9.17, 15) is 9.59 Å². The zero-order chi connectivity index (χ0) is 20.4. The van der Waals surface area contributed by atoms with Gasteiger partial charge in [-0.15, -0.1) is 0 Å². The molecule has 29 heavy (non-hydrogen) atoms. The van der Waals surface area contributed by atoms with Gasteiger partial charge in [-0.05, 0) is 36.6 Å². The predicted octanol–water partition coefficient (Wildman–Crippen LogP) is 2.15. The number of hydrogen-bond acceptors (Lipinski definition) is 6. The molecular formula is C21H23N5O3. The second-order valence-electron chi connectivity index (χ2n) is 7.42. The van der Waals surface area contributed by atoms with E-state index in [2.05, 4.69) is 40.5 Å². The zero-order valence-electron chi connectivity index (χ0n) is 16.2. The Bertz CT molecular complexity index is 1030. The first-order chi connectivity index (χ1) is 14.0. The Morgan fingerprint density at radius 1 is 1.14 bits per heavy atom. The van der Waals surface area contributed by atoms with Crippen LogP contribution in [0.25, 0.3) is 22.4 Å². The number of furan rings is 1. The van der Waals surface area contributed by atoms with Crippen LogP contribution in [0, 0.1) is 5.92 Å². The molecule has 1 aliphatic rings. The molecule has 4 N–H and O–H groups in total. The SMILES string of the molecule is CC(C)C1CC(C(=O)NNC(=O)c2cc(-c3ccco3)nc3ccccc23)NN1. The molecule has 1 saturated heterocycles. The van der Waals surface area contributed by atoms with Crippen LogP contribution < -0.4 is 21.7 Å². The average Bonchev–Trinajstić information content (AvgIpc) is 3.43. The van der Waals surface area contributed by atoms with E-state index in [1.165, 1.54) is 0 Å². The van der Waals surface area contributed by atoms with Crippen LogP contribution >= 0.6 is 0 Å². The van der Waals surface area contributed by atoms with Gasteiger partial charge in [0, 0.05) is 11.4 Å². The molecule has 0 spiro atoms. The third-order valence-corrected chi connectivity index (χ3v) is 5.09. The molecule has 0 aliphatic carbocycles. The van der Waals surface area contributed by atoms with Gasteiger partial charge in [-0.2, -0.15) is 0 Å². The van der Waals surface area contributed by atoms with Crippen molar-refractivity contribution in [2.75, 3.05) is 0 Å². The van der Waals surface area contributed by atoms with Crippen molar-refractivity contribution < 1.29 is 14.0 Å². The molecule has 2 amide bonds. The second-order valence-corrected chi connectivity index (χ2v) is 7.42. The Kier molecular flexibility index (Phi) is 5.28. The van der Waals surface area contributed by atoms with E-state index in [0.717, 1.165) is 0 Å². The molecule has 2 unspecified atom stereocenters. The van der Waals surface area contributed by atoms with Crippen LogP contribution in [0.2, 0.25) is 0 Å². The van der Waals surface area contributed by atoms with Crippen molar-refractivity contribution in [2.45, 2.75) is 32.4 Å². The number of pyridine rings is 1. The highest BCUT2D eigenvalue weighted by molar-refractivity contribution is 6.07. The zero-order valence-corrected chi connectivity index (χ0v) is 16.2. The van der Waals surface area contributed by atoms with E-state index in [0.29, 0.717) is 40.3 Å². The summed E-state index contributed by atoms with van der Waals surface area (Å²) in [6.45, 7) is 4.18. The molecule has 3 heterocycles. The lowest BCUT2D eigenvalue weighted by Crippen LogP contribution is -2.50. The minimum Gasteiger partial charge on any atom is -0.463 e. The number of fused-ring (bicyclic) bond motifs is 1. The van der Waals surface area contributed by atoms with Gasteiger partial charge in [-0.1, -0.05) is 32.0 Å². The van der Waals surface area contributed by atoms with Crippen LogP contribution in [0.15, 0.2) is 53.1 Å². The first-order valence-corrected chi connectivity index (χ1v) is 9.58. The molecule has 8 heteroatoms. The fourth-order valence-electron chi connectivity index (χ4n) is 3.38. The third-order valence-electron chi connectivity index (χ3n) is 5.09. The van der Waals surface area contributed by atoms with E-state index in [1.54, 1.807) is 24.5 Å². The van der Waals surface area contributed by atoms with E-state index in [4.69, 9.17) is 4.42 Å². The molecule has 4 rings (SSSR count). The van der Waals surface area contributed by atoms with Crippen molar-refractivity contribution in [1.29, 1.82) is 0 Å². The van der Waals surface area contributed by atoms with Gasteiger partial charge in [0.05, 0.1) is 17.3 Å². The first-order valence-electron chi connectivity index (χ1n) is 9.58. The van der Waals surface area contributed by atoms with Crippen molar-refractivity contribution in [2.24, 2.45) is 5.92 Å². The van der Waals surface area contributed by atoms with E-state index >= 15 is 0 Å². The standard InChI is InChI=1S/C21H23N5O3/c1-12(2)16-11-18(24-23-16)21(28)26-25-20(27)14-10-17(19-8-5-9-29-19)22-15-7-4-3-6-13(14)15/h3-10,12,16,18,23-24H,11H2,1-2H3,(H,25,27)(H,26,28). The lowest BCUT2D eigenvalue weighted by molar-refractivity contribution is -0.123. The Hall–Kier alpha value is -3.23. The largest absolute Gasteiger partial charge is 0.463 e. The van der Waals surface area contributed by atoms with Gasteiger partial charge in [0.1, 0.15) is 11.7 Å². The lowest BCUT2D eigenvalue weighted by atomic mass is 9.99. The summed E-state index contributed by atoms with van der Waals surface area (Å²) in [5.41, 5.74) is 12.7. The maximum atomic E-state index is 12.9. The molecule has 0 radical (unpaired) electrons. The van der Waals surface area contributed by atoms with Gasteiger partial charge in [0.2, 0.25) is 0 Å². The number of hydrazine groups is 2. The maximum Gasteiger partial charge on any atom is 0.270 e. The minimum atomic E-state index is -0.420. The fraction of sp³-hybridized carbons (Fsp3) is 0.286. The van der Waals surface area contributed by atoms with Crippen LogP contribution in [-0.2, 0) is 4.79 Å². The summed E-state index contributed by atoms with van der Waals surface area (Å²) in [5.74, 6) is 0.252. The summed E-state index contributed by atoms with van der Waals surface area (Å²) in [6, 6.07) is 12.4. The maximum absolute atomic E-state index is 12.9. The normalized spacial score (nSPS) is 18.9. The molecule has 0 saturated carbocycles. The molecule has 2 atom stereocenters. The van der Waals surface area contributed by atoms with Crippen molar-refractivity contribution in [3.63, 3.8) is 0 Å². The quantitative estimate of drug-likeness (QED) is 0.506. The smallest absolute Gasteiger partial charge is 0.270 e. The van der Waals surface area contributed by atoms with Crippen molar-refractivity contribution >= 4 is 22.7 Å². The summed E-state index contributed by atoms with van der Waals surface area (Å²) >= 11 is 0. The van der Waals surface area contributed by atoms with Gasteiger partial charge in [0.15, 0.2) is 5.76 Å². The Labute approximate surface area is 168 Å². The molecule has 150 valence electrons. The summed E-state index contributed by atoms with van der Waals surface area (Å²) in [7, 11) is 0. The van der Waals surface area contributed by atoms with Crippen molar-refractivity contribution in [3.8, 4) is 11.5 Å². The van der Waals surface area contributed by atoms with Crippen LogP contribution in [0.1, 0.15) is 30.6 Å². The van der Waals surface area contributed by atoms with Crippen LogP contribution in [-0.4, -0.2) is 28.9 Å². The fourth-order valence-corrected chi connectivity index (χ4v) is 3.38. The Morgan fingerprint density at radius 3 is 2.69 bits per heavy atom. The number of carbonyl (C=O) groups is 2. The van der Waals surface area contributed by atoms with Gasteiger partial charge in [0.25, 0.3) is 11.8 Å². The molecule has 0 bridgehead atoms. The van der Waals surface area contributed by atoms with E-state index < -0.39 is 11.9 Å². The van der Waals surface area contributed by atoms with Crippen LogP contribution in [0.3, 0.4) is 0 Å². The average molecular weight is 393 g/mol. The van der Waals surface area contributed by atoms with Gasteiger partial charge < -0.3 is 4.42 Å². The number of aromatic nitrogens is 1. The highest BCUT2D eigenvalue weighted by Crippen LogP contribution is 2.25.